The molecule has 2 fully saturated rings. The van der Waals surface area contributed by atoms with Crippen LogP contribution in [0.3, 0.4) is 0 Å². The number of hydrogen-bond donors (Lipinski definition) is 1. The second-order valence-corrected chi connectivity index (χ2v) is 10.7. The molecule has 4 rings (SSSR count). The fourth-order valence-electron chi connectivity index (χ4n) is 5.58. The minimum atomic E-state index is -4.79. The van der Waals surface area contributed by atoms with E-state index in [-0.39, 0.29) is 36.8 Å². The van der Waals surface area contributed by atoms with E-state index in [1.165, 1.54) is 23.1 Å². The summed E-state index contributed by atoms with van der Waals surface area (Å²) in [6.07, 6.45) is -5.46. The first-order valence-electron chi connectivity index (χ1n) is 13.7. The molecule has 2 aliphatic heterocycles. The molecule has 0 amide bonds. The van der Waals surface area contributed by atoms with E-state index in [0.29, 0.717) is 37.4 Å². The van der Waals surface area contributed by atoms with E-state index in [1.54, 1.807) is 0 Å². The number of β-amino-alcohol motifs (C(OH)–C–C–N with tert-alkyl or cyclic N) is 1. The summed E-state index contributed by atoms with van der Waals surface area (Å²) in [5.74, 6) is -0.918. The van der Waals surface area contributed by atoms with Crippen LogP contribution in [-0.2, 0) is 23.6 Å². The molecule has 2 aromatic rings. The van der Waals surface area contributed by atoms with Crippen LogP contribution in [0.15, 0.2) is 30.3 Å². The zero-order valence-corrected chi connectivity index (χ0v) is 22.3. The number of aliphatic hydroxyl groups is 1. The van der Waals surface area contributed by atoms with Gasteiger partial charge in [-0.1, -0.05) is 31.9 Å². The van der Waals surface area contributed by atoms with Crippen molar-refractivity contribution in [3.63, 3.8) is 0 Å². The van der Waals surface area contributed by atoms with E-state index in [1.807, 2.05) is 4.90 Å². The van der Waals surface area contributed by atoms with Gasteiger partial charge in [-0.3, -0.25) is 4.79 Å². The summed E-state index contributed by atoms with van der Waals surface area (Å²) < 4.78 is 79.7. The Labute approximate surface area is 229 Å². The lowest BCUT2D eigenvalue weighted by Crippen LogP contribution is -2.38. The topological polar surface area (TPSA) is 69.6 Å². The van der Waals surface area contributed by atoms with Crippen molar-refractivity contribution >= 4 is 17.4 Å². The monoisotopic (exact) mass is 572 g/mol. The summed E-state index contributed by atoms with van der Waals surface area (Å²) in [7, 11) is 0. The van der Waals surface area contributed by atoms with Gasteiger partial charge in [0.2, 0.25) is 5.82 Å². The molecule has 6 nitrogen and oxygen atoms in total. The van der Waals surface area contributed by atoms with Crippen LogP contribution in [0.5, 0.6) is 0 Å². The van der Waals surface area contributed by atoms with Crippen LogP contribution in [-0.4, -0.2) is 52.6 Å². The number of halogens is 6. The highest BCUT2D eigenvalue weighted by atomic mass is 19.4. The molecule has 2 saturated heterocycles. The Kier molecular flexibility index (Phi) is 9.26. The summed E-state index contributed by atoms with van der Waals surface area (Å²) >= 11 is 0. The first-order chi connectivity index (χ1) is 18.8. The van der Waals surface area contributed by atoms with Crippen LogP contribution in [0.1, 0.15) is 68.8 Å². The van der Waals surface area contributed by atoms with Gasteiger partial charge in [0.1, 0.15) is 11.6 Å². The number of ketones is 1. The molecule has 2 aliphatic rings. The molecule has 0 spiro atoms. The number of carbonyl (C=O) groups excluding carboxylic acids is 1. The minimum absolute atomic E-state index is 0.0400. The van der Waals surface area contributed by atoms with Crippen molar-refractivity contribution in [2.45, 2.75) is 82.8 Å². The summed E-state index contributed by atoms with van der Waals surface area (Å²) in [6.45, 7) is 3.22. The number of aromatic nitrogens is 2. The van der Waals surface area contributed by atoms with Crippen molar-refractivity contribution in [2.75, 3.05) is 29.4 Å². The first kappa shape index (κ1) is 30.1. The molecule has 0 unspecified atom stereocenters. The lowest BCUT2D eigenvalue weighted by atomic mass is 9.92. The molecule has 0 saturated carbocycles. The first-order valence-corrected chi connectivity index (χ1v) is 13.7. The van der Waals surface area contributed by atoms with Gasteiger partial charge >= 0.3 is 12.4 Å². The van der Waals surface area contributed by atoms with E-state index in [2.05, 4.69) is 16.9 Å². The average Bonchev–Trinajstić information content (AvgIpc) is 3.30. The second-order valence-electron chi connectivity index (χ2n) is 10.7. The second kappa shape index (κ2) is 12.3. The molecule has 40 heavy (non-hydrogen) atoms. The fraction of sp³-hybridized carbons (Fsp3) is 0.607. The number of rotatable bonds is 9. The number of aliphatic hydroxyl groups excluding tert-OH is 1. The largest absolute Gasteiger partial charge is 0.451 e. The van der Waals surface area contributed by atoms with Crippen LogP contribution in [0.4, 0.5) is 38.0 Å². The molecule has 220 valence electrons. The predicted molar refractivity (Wildman–Crippen MR) is 138 cm³/mol. The highest BCUT2D eigenvalue weighted by Gasteiger charge is 2.40. The van der Waals surface area contributed by atoms with E-state index >= 15 is 0 Å². The van der Waals surface area contributed by atoms with Gasteiger partial charge in [0.15, 0.2) is 5.78 Å². The number of nitrogens with zero attached hydrogens (tertiary/aromatic N) is 4. The van der Waals surface area contributed by atoms with E-state index in [9.17, 15) is 36.2 Å². The molecule has 0 bridgehead atoms. The number of Topliss-reactive ketones (excluding diaryl/α,β-unsaturated/α-hetero) is 1. The number of anilines is 2. The van der Waals surface area contributed by atoms with Crippen molar-refractivity contribution in [2.24, 2.45) is 5.92 Å². The van der Waals surface area contributed by atoms with Gasteiger partial charge in [-0.05, 0) is 49.3 Å². The van der Waals surface area contributed by atoms with Crippen molar-refractivity contribution in [3.05, 3.63) is 47.3 Å². The molecule has 12 heteroatoms. The van der Waals surface area contributed by atoms with Gasteiger partial charge in [-0.2, -0.15) is 26.3 Å². The standard InChI is InChI=1S/C28H34F6N4O2/c1-2-4-18-11-13-37(14-12-18)24-16-25(36-26(35-24)28(32,33)34)38-17-21(39)15-22(38)23(40)6-3-5-19-7-9-20(10-8-19)27(29,30)31/h7-10,16,18,21-22,39H,2-6,11-15,17H2,1H3/t21-,22+/m1/s1. The zero-order chi connectivity index (χ0) is 29.1. The Morgan fingerprint density at radius 2 is 1.65 bits per heavy atom. The Balaban J connectivity index is 1.47. The summed E-state index contributed by atoms with van der Waals surface area (Å²) in [4.78, 5) is 24.0. The van der Waals surface area contributed by atoms with Gasteiger partial charge in [0.05, 0.1) is 17.7 Å². The van der Waals surface area contributed by atoms with E-state index in [0.717, 1.165) is 37.8 Å². The van der Waals surface area contributed by atoms with E-state index in [4.69, 9.17) is 0 Å². The molecule has 2 atom stereocenters. The predicted octanol–water partition coefficient (Wildman–Crippen LogP) is 6.06. The third kappa shape index (κ3) is 7.44. The molecule has 1 N–H and O–H groups in total. The maximum Gasteiger partial charge on any atom is 0.451 e. The average molecular weight is 573 g/mol. The molecular weight excluding hydrogens is 538 g/mol. The molecular formula is C28H34F6N4O2. The van der Waals surface area contributed by atoms with Gasteiger partial charge in [0.25, 0.3) is 0 Å². The minimum Gasteiger partial charge on any atom is -0.391 e. The third-order valence-corrected chi connectivity index (χ3v) is 7.70. The lowest BCUT2D eigenvalue weighted by Gasteiger charge is -2.34. The van der Waals surface area contributed by atoms with Gasteiger partial charge in [-0.15, -0.1) is 0 Å². The number of aryl methyl sites for hydroxylation is 1. The van der Waals surface area contributed by atoms with Crippen molar-refractivity contribution < 1.29 is 36.2 Å². The van der Waals surface area contributed by atoms with E-state index < -0.39 is 35.9 Å². The van der Waals surface area contributed by atoms with Crippen LogP contribution >= 0.6 is 0 Å². The van der Waals surface area contributed by atoms with Crippen LogP contribution in [0.25, 0.3) is 0 Å². The lowest BCUT2D eigenvalue weighted by molar-refractivity contribution is -0.144. The van der Waals surface area contributed by atoms with Crippen molar-refractivity contribution in [1.82, 2.24) is 9.97 Å². The van der Waals surface area contributed by atoms with Gasteiger partial charge in [-0.25, -0.2) is 9.97 Å². The Bertz CT molecular complexity index is 1150. The maximum absolute atomic E-state index is 13.8. The van der Waals surface area contributed by atoms with Gasteiger partial charge in [0, 0.05) is 38.5 Å². The smallest absolute Gasteiger partial charge is 0.391 e. The van der Waals surface area contributed by atoms with Gasteiger partial charge < -0.3 is 14.9 Å². The highest BCUT2D eigenvalue weighted by molar-refractivity contribution is 5.87. The Morgan fingerprint density at radius 3 is 2.25 bits per heavy atom. The van der Waals surface area contributed by atoms with Crippen LogP contribution in [0, 0.1) is 5.92 Å². The maximum atomic E-state index is 13.8. The third-order valence-electron chi connectivity index (χ3n) is 7.70. The normalized spacial score (nSPS) is 20.8. The Morgan fingerprint density at radius 1 is 1.00 bits per heavy atom. The summed E-state index contributed by atoms with van der Waals surface area (Å²) in [6, 6.07) is 5.32. The highest BCUT2D eigenvalue weighted by Crippen LogP contribution is 2.35. The number of piperidine rings is 1. The van der Waals surface area contributed by atoms with Crippen LogP contribution in [0.2, 0.25) is 0 Å². The molecule has 3 heterocycles. The molecule has 1 aromatic heterocycles. The fourth-order valence-corrected chi connectivity index (χ4v) is 5.58. The quantitative estimate of drug-likeness (QED) is 0.369. The Hall–Kier alpha value is -2.89. The summed E-state index contributed by atoms with van der Waals surface area (Å²) in [5.41, 5.74) is -0.113. The number of alkyl halides is 6. The van der Waals surface area contributed by atoms with Crippen molar-refractivity contribution in [3.8, 4) is 0 Å². The van der Waals surface area contributed by atoms with Crippen molar-refractivity contribution in [1.29, 1.82) is 0 Å². The zero-order valence-electron chi connectivity index (χ0n) is 22.3. The number of hydrogen-bond acceptors (Lipinski definition) is 6. The summed E-state index contributed by atoms with van der Waals surface area (Å²) in [5, 5.41) is 10.3. The van der Waals surface area contributed by atoms with Crippen LogP contribution < -0.4 is 9.80 Å². The SMILES string of the molecule is CCCC1CCN(c2cc(N3C[C@H](O)C[C@H]3C(=O)CCCc3ccc(C(F)(F)F)cc3)nc(C(F)(F)F)n2)CC1. The molecule has 0 radical (unpaired) electrons. The molecule has 1 aromatic carbocycles. The number of benzene rings is 1. The molecule has 0 aliphatic carbocycles. The number of carbonyl (C=O) groups is 1.